The molecule has 0 saturated heterocycles. The van der Waals surface area contributed by atoms with Crippen molar-refractivity contribution in [2.45, 2.75) is 20.4 Å². The maximum absolute atomic E-state index is 13.0. The molecule has 1 aromatic heterocycles. The van der Waals surface area contributed by atoms with E-state index in [0.29, 0.717) is 35.4 Å². The summed E-state index contributed by atoms with van der Waals surface area (Å²) in [7, 11) is 0. The third-order valence-electron chi connectivity index (χ3n) is 4.10. The van der Waals surface area contributed by atoms with Crippen molar-refractivity contribution in [3.63, 3.8) is 0 Å². The summed E-state index contributed by atoms with van der Waals surface area (Å²) in [6.07, 6.45) is 0. The highest BCUT2D eigenvalue weighted by molar-refractivity contribution is 6.31. The molecule has 0 atom stereocenters. The summed E-state index contributed by atoms with van der Waals surface area (Å²) in [4.78, 5) is 23.4. The average molecular weight is 381 g/mol. The molecule has 0 aliphatic heterocycles. The Balaban J connectivity index is 1.82. The minimum atomic E-state index is -0.157. The number of halogens is 1. The van der Waals surface area contributed by atoms with Gasteiger partial charge in [0.05, 0.1) is 0 Å². The van der Waals surface area contributed by atoms with Gasteiger partial charge in [-0.3, -0.25) is 4.79 Å². The quantitative estimate of drug-likeness (QED) is 0.672. The molecule has 1 amide bonds. The van der Waals surface area contributed by atoms with Gasteiger partial charge < -0.3 is 10.2 Å². The van der Waals surface area contributed by atoms with Crippen molar-refractivity contribution >= 4 is 29.0 Å². The highest BCUT2D eigenvalue weighted by Gasteiger charge is 2.18. The standard InChI is InChI=1S/C21H21ClN4O/c1-3-26(17-10-5-4-6-11-17)21(27)19-13-20(25-15(2)24-19)23-14-16-9-7-8-12-18(16)22/h4-13H,3,14H2,1-2H3,(H,23,24,25). The molecule has 0 fully saturated rings. The smallest absolute Gasteiger partial charge is 0.277 e. The van der Waals surface area contributed by atoms with Crippen LogP contribution in [0.4, 0.5) is 11.5 Å². The lowest BCUT2D eigenvalue weighted by atomic mass is 10.2. The van der Waals surface area contributed by atoms with Gasteiger partial charge in [0.15, 0.2) is 0 Å². The van der Waals surface area contributed by atoms with Crippen LogP contribution in [0.1, 0.15) is 28.8 Å². The fraction of sp³-hybridized carbons (Fsp3) is 0.190. The van der Waals surface area contributed by atoms with Crippen LogP contribution >= 0.6 is 11.6 Å². The van der Waals surface area contributed by atoms with Gasteiger partial charge in [-0.15, -0.1) is 0 Å². The van der Waals surface area contributed by atoms with Crippen LogP contribution in [-0.2, 0) is 6.54 Å². The van der Waals surface area contributed by atoms with Crippen molar-refractivity contribution in [3.8, 4) is 0 Å². The second-order valence-corrected chi connectivity index (χ2v) is 6.42. The number of amides is 1. The molecule has 6 heteroatoms. The van der Waals surface area contributed by atoms with Gasteiger partial charge >= 0.3 is 0 Å². The molecule has 138 valence electrons. The molecule has 0 aliphatic carbocycles. The molecule has 0 aliphatic rings. The topological polar surface area (TPSA) is 58.1 Å². The first-order valence-corrected chi connectivity index (χ1v) is 9.16. The lowest BCUT2D eigenvalue weighted by Gasteiger charge is -2.21. The fourth-order valence-electron chi connectivity index (χ4n) is 2.78. The van der Waals surface area contributed by atoms with Crippen LogP contribution in [0.5, 0.6) is 0 Å². The highest BCUT2D eigenvalue weighted by atomic mass is 35.5. The van der Waals surface area contributed by atoms with Crippen LogP contribution < -0.4 is 10.2 Å². The Kier molecular flexibility index (Phi) is 6.04. The molecule has 0 spiro atoms. The molecular weight excluding hydrogens is 360 g/mol. The summed E-state index contributed by atoms with van der Waals surface area (Å²) < 4.78 is 0. The normalized spacial score (nSPS) is 10.5. The van der Waals surface area contributed by atoms with E-state index in [9.17, 15) is 4.79 Å². The molecule has 1 N–H and O–H groups in total. The average Bonchev–Trinajstić information content (AvgIpc) is 2.68. The van der Waals surface area contributed by atoms with Gasteiger partial charge in [0.2, 0.25) is 0 Å². The first-order valence-electron chi connectivity index (χ1n) is 8.78. The SMILES string of the molecule is CCN(C(=O)c1cc(NCc2ccccc2Cl)nc(C)n1)c1ccccc1. The molecule has 1 heterocycles. The molecule has 0 radical (unpaired) electrons. The monoisotopic (exact) mass is 380 g/mol. The first kappa shape index (κ1) is 18.9. The Labute approximate surface area is 164 Å². The molecular formula is C21H21ClN4O. The zero-order valence-corrected chi connectivity index (χ0v) is 16.1. The summed E-state index contributed by atoms with van der Waals surface area (Å²) in [5.41, 5.74) is 2.16. The number of nitrogens with zero attached hydrogens (tertiary/aromatic N) is 3. The zero-order chi connectivity index (χ0) is 19.2. The second kappa shape index (κ2) is 8.64. The van der Waals surface area contributed by atoms with E-state index in [1.807, 2.05) is 61.5 Å². The Morgan fingerprint density at radius 3 is 2.48 bits per heavy atom. The van der Waals surface area contributed by atoms with Gasteiger partial charge in [0, 0.05) is 29.9 Å². The third-order valence-corrected chi connectivity index (χ3v) is 4.47. The van der Waals surface area contributed by atoms with Gasteiger partial charge in [-0.05, 0) is 37.6 Å². The van der Waals surface area contributed by atoms with E-state index in [-0.39, 0.29) is 5.91 Å². The van der Waals surface area contributed by atoms with E-state index in [0.717, 1.165) is 11.3 Å². The van der Waals surface area contributed by atoms with Crippen LogP contribution in [0.15, 0.2) is 60.7 Å². The Morgan fingerprint density at radius 1 is 1.07 bits per heavy atom. The number of benzene rings is 2. The van der Waals surface area contributed by atoms with Crippen molar-refractivity contribution in [3.05, 3.63) is 82.8 Å². The van der Waals surface area contributed by atoms with E-state index in [1.165, 1.54) is 0 Å². The molecule has 0 bridgehead atoms. The van der Waals surface area contributed by atoms with Crippen LogP contribution in [0.25, 0.3) is 0 Å². The highest BCUT2D eigenvalue weighted by Crippen LogP contribution is 2.19. The summed E-state index contributed by atoms with van der Waals surface area (Å²) in [6, 6.07) is 18.9. The molecule has 3 aromatic rings. The summed E-state index contributed by atoms with van der Waals surface area (Å²) >= 11 is 6.20. The molecule has 27 heavy (non-hydrogen) atoms. The number of anilines is 2. The summed E-state index contributed by atoms with van der Waals surface area (Å²) in [5, 5.41) is 3.92. The second-order valence-electron chi connectivity index (χ2n) is 6.02. The van der Waals surface area contributed by atoms with E-state index in [4.69, 9.17) is 11.6 Å². The van der Waals surface area contributed by atoms with Gasteiger partial charge in [-0.2, -0.15) is 0 Å². The maximum Gasteiger partial charge on any atom is 0.277 e. The Hall–Kier alpha value is -2.92. The molecule has 3 rings (SSSR count). The van der Waals surface area contributed by atoms with Crippen LogP contribution in [0.3, 0.4) is 0 Å². The number of hydrogen-bond acceptors (Lipinski definition) is 4. The number of aromatic nitrogens is 2. The Morgan fingerprint density at radius 2 is 1.78 bits per heavy atom. The van der Waals surface area contributed by atoms with E-state index >= 15 is 0 Å². The number of nitrogens with one attached hydrogen (secondary N) is 1. The molecule has 5 nitrogen and oxygen atoms in total. The van der Waals surface area contributed by atoms with Crippen molar-refractivity contribution in [2.24, 2.45) is 0 Å². The lowest BCUT2D eigenvalue weighted by Crippen LogP contribution is -2.31. The molecule has 0 unspecified atom stereocenters. The lowest BCUT2D eigenvalue weighted by molar-refractivity contribution is 0.0983. The third kappa shape index (κ3) is 4.63. The van der Waals surface area contributed by atoms with Crippen molar-refractivity contribution < 1.29 is 4.79 Å². The molecule has 0 saturated carbocycles. The van der Waals surface area contributed by atoms with Crippen LogP contribution in [0, 0.1) is 6.92 Å². The molecule has 2 aromatic carbocycles. The van der Waals surface area contributed by atoms with E-state index in [1.54, 1.807) is 17.9 Å². The van der Waals surface area contributed by atoms with Gasteiger partial charge in [-0.1, -0.05) is 48.0 Å². The Bertz CT molecular complexity index is 930. The van der Waals surface area contributed by atoms with Gasteiger partial charge in [0.25, 0.3) is 5.91 Å². The number of carbonyl (C=O) groups excluding carboxylic acids is 1. The van der Waals surface area contributed by atoms with Gasteiger partial charge in [0.1, 0.15) is 17.3 Å². The minimum absolute atomic E-state index is 0.157. The zero-order valence-electron chi connectivity index (χ0n) is 15.3. The van der Waals surface area contributed by atoms with E-state index in [2.05, 4.69) is 15.3 Å². The van der Waals surface area contributed by atoms with Crippen LogP contribution in [0.2, 0.25) is 5.02 Å². The first-order chi connectivity index (χ1) is 13.1. The van der Waals surface area contributed by atoms with Crippen molar-refractivity contribution in [2.75, 3.05) is 16.8 Å². The predicted molar refractivity (Wildman–Crippen MR) is 109 cm³/mol. The largest absolute Gasteiger partial charge is 0.366 e. The fourth-order valence-corrected chi connectivity index (χ4v) is 2.99. The number of rotatable bonds is 6. The van der Waals surface area contributed by atoms with Crippen molar-refractivity contribution in [1.29, 1.82) is 0 Å². The van der Waals surface area contributed by atoms with E-state index < -0.39 is 0 Å². The van der Waals surface area contributed by atoms with Crippen molar-refractivity contribution in [1.82, 2.24) is 9.97 Å². The predicted octanol–water partition coefficient (Wildman–Crippen LogP) is 4.72. The van der Waals surface area contributed by atoms with Crippen LogP contribution in [-0.4, -0.2) is 22.4 Å². The number of carbonyl (C=O) groups is 1. The summed E-state index contributed by atoms with van der Waals surface area (Å²) in [6.45, 7) is 4.78. The number of hydrogen-bond donors (Lipinski definition) is 1. The van der Waals surface area contributed by atoms with Gasteiger partial charge in [-0.25, -0.2) is 9.97 Å². The minimum Gasteiger partial charge on any atom is -0.366 e. The number of aryl methyl sites for hydroxylation is 1. The number of para-hydroxylation sites is 1. The maximum atomic E-state index is 13.0. The summed E-state index contributed by atoms with van der Waals surface area (Å²) in [5.74, 6) is 0.969.